The summed E-state index contributed by atoms with van der Waals surface area (Å²) in [5.74, 6) is 0. The van der Waals surface area contributed by atoms with Crippen molar-refractivity contribution in [2.45, 2.75) is 20.3 Å². The Kier molecular flexibility index (Phi) is 4.09. The standard InChI is InChI=1S/C11H18N/c1-3-12(4-2)10-11-8-6-5-7-9-11/h5-6,8-9H,3-4,7,10H2,1-2H3. The molecule has 1 aliphatic rings. The largest absolute Gasteiger partial charge is 0.300 e. The molecule has 1 aliphatic carbocycles. The van der Waals surface area contributed by atoms with E-state index in [2.05, 4.69) is 43.4 Å². The fraction of sp³-hybridized carbons (Fsp3) is 0.545. The van der Waals surface area contributed by atoms with E-state index in [1.165, 1.54) is 5.57 Å². The van der Waals surface area contributed by atoms with Crippen molar-refractivity contribution in [2.75, 3.05) is 19.6 Å². The zero-order chi connectivity index (χ0) is 8.81. The Morgan fingerprint density at radius 1 is 1.33 bits per heavy atom. The first-order valence-corrected chi connectivity index (χ1v) is 4.78. The predicted octanol–water partition coefficient (Wildman–Crippen LogP) is 2.42. The molecular weight excluding hydrogens is 146 g/mol. The average Bonchev–Trinajstić information content (AvgIpc) is 2.16. The molecule has 0 bridgehead atoms. The maximum Gasteiger partial charge on any atom is 0.0198 e. The third kappa shape index (κ3) is 2.82. The van der Waals surface area contributed by atoms with E-state index in [9.17, 15) is 0 Å². The first-order valence-electron chi connectivity index (χ1n) is 4.78. The SMILES string of the molecule is CCN(CC)CC1=CC=CC[CH]1. The van der Waals surface area contributed by atoms with Crippen LogP contribution in [0.5, 0.6) is 0 Å². The van der Waals surface area contributed by atoms with Gasteiger partial charge in [-0.15, -0.1) is 0 Å². The lowest BCUT2D eigenvalue weighted by molar-refractivity contribution is 0.330. The highest BCUT2D eigenvalue weighted by atomic mass is 15.1. The maximum absolute atomic E-state index is 2.43. The van der Waals surface area contributed by atoms with Gasteiger partial charge in [-0.1, -0.05) is 37.6 Å². The lowest BCUT2D eigenvalue weighted by atomic mass is 10.0. The van der Waals surface area contributed by atoms with Crippen LogP contribution >= 0.6 is 0 Å². The molecule has 0 aromatic rings. The van der Waals surface area contributed by atoms with Gasteiger partial charge in [0.15, 0.2) is 0 Å². The molecule has 0 heterocycles. The van der Waals surface area contributed by atoms with Gasteiger partial charge >= 0.3 is 0 Å². The minimum Gasteiger partial charge on any atom is -0.300 e. The lowest BCUT2D eigenvalue weighted by Crippen LogP contribution is -2.25. The predicted molar refractivity (Wildman–Crippen MR) is 53.9 cm³/mol. The molecular formula is C11H18N. The Balaban J connectivity index is 2.38. The molecule has 0 aromatic carbocycles. The van der Waals surface area contributed by atoms with Crippen LogP contribution in [-0.2, 0) is 0 Å². The Morgan fingerprint density at radius 2 is 2.08 bits per heavy atom. The van der Waals surface area contributed by atoms with Crippen molar-refractivity contribution in [2.24, 2.45) is 0 Å². The van der Waals surface area contributed by atoms with Gasteiger partial charge in [-0.25, -0.2) is 0 Å². The van der Waals surface area contributed by atoms with Gasteiger partial charge in [0.05, 0.1) is 0 Å². The Labute approximate surface area is 75.8 Å². The van der Waals surface area contributed by atoms with E-state index < -0.39 is 0 Å². The third-order valence-electron chi connectivity index (χ3n) is 2.26. The summed E-state index contributed by atoms with van der Waals surface area (Å²) in [4.78, 5) is 2.43. The number of allylic oxidation sites excluding steroid dienone is 3. The number of nitrogens with zero attached hydrogens (tertiary/aromatic N) is 1. The van der Waals surface area contributed by atoms with Crippen molar-refractivity contribution in [1.82, 2.24) is 4.90 Å². The van der Waals surface area contributed by atoms with Crippen LogP contribution in [0, 0.1) is 6.42 Å². The summed E-state index contributed by atoms with van der Waals surface area (Å²) < 4.78 is 0. The first kappa shape index (κ1) is 9.53. The molecule has 0 unspecified atom stereocenters. The summed E-state index contributed by atoms with van der Waals surface area (Å²) in [5, 5.41) is 0. The fourth-order valence-corrected chi connectivity index (χ4v) is 1.38. The van der Waals surface area contributed by atoms with E-state index in [4.69, 9.17) is 0 Å². The van der Waals surface area contributed by atoms with Gasteiger partial charge in [0.25, 0.3) is 0 Å². The smallest absolute Gasteiger partial charge is 0.0198 e. The van der Waals surface area contributed by atoms with Gasteiger partial charge in [-0.05, 0) is 25.9 Å². The van der Waals surface area contributed by atoms with Crippen LogP contribution in [0.4, 0.5) is 0 Å². The van der Waals surface area contributed by atoms with E-state index >= 15 is 0 Å². The van der Waals surface area contributed by atoms with Crippen LogP contribution in [-0.4, -0.2) is 24.5 Å². The summed E-state index contributed by atoms with van der Waals surface area (Å²) in [6.45, 7) is 7.82. The second-order valence-corrected chi connectivity index (χ2v) is 3.07. The summed E-state index contributed by atoms with van der Waals surface area (Å²) in [5.41, 5.74) is 1.46. The Hall–Kier alpha value is -0.560. The topological polar surface area (TPSA) is 3.24 Å². The molecule has 0 fully saturated rings. The molecule has 0 aromatic heterocycles. The van der Waals surface area contributed by atoms with Gasteiger partial charge < -0.3 is 0 Å². The number of hydrogen-bond donors (Lipinski definition) is 0. The van der Waals surface area contributed by atoms with Crippen LogP contribution in [0.1, 0.15) is 20.3 Å². The van der Waals surface area contributed by atoms with Gasteiger partial charge in [-0.3, -0.25) is 4.90 Å². The van der Waals surface area contributed by atoms with E-state index in [1.54, 1.807) is 0 Å². The van der Waals surface area contributed by atoms with Crippen molar-refractivity contribution in [3.05, 3.63) is 30.2 Å². The van der Waals surface area contributed by atoms with E-state index in [1.807, 2.05) is 0 Å². The molecule has 0 saturated carbocycles. The molecule has 0 atom stereocenters. The highest BCUT2D eigenvalue weighted by molar-refractivity contribution is 5.27. The number of rotatable bonds is 4. The van der Waals surface area contributed by atoms with Crippen molar-refractivity contribution >= 4 is 0 Å². The quantitative estimate of drug-likeness (QED) is 0.617. The van der Waals surface area contributed by atoms with Gasteiger partial charge in [0, 0.05) is 6.54 Å². The molecule has 1 radical (unpaired) electrons. The van der Waals surface area contributed by atoms with Gasteiger partial charge in [0.1, 0.15) is 0 Å². The monoisotopic (exact) mass is 164 g/mol. The lowest BCUT2D eigenvalue weighted by Gasteiger charge is -2.20. The zero-order valence-corrected chi connectivity index (χ0v) is 8.09. The number of likely N-dealkylation sites (N-methyl/N-ethyl adjacent to an activating group) is 1. The third-order valence-corrected chi connectivity index (χ3v) is 2.26. The van der Waals surface area contributed by atoms with E-state index in [-0.39, 0.29) is 0 Å². The first-order chi connectivity index (χ1) is 5.86. The van der Waals surface area contributed by atoms with Gasteiger partial charge in [0.2, 0.25) is 0 Å². The van der Waals surface area contributed by atoms with Crippen LogP contribution < -0.4 is 0 Å². The van der Waals surface area contributed by atoms with Crippen molar-refractivity contribution in [1.29, 1.82) is 0 Å². The number of hydrogen-bond acceptors (Lipinski definition) is 1. The maximum atomic E-state index is 2.43. The van der Waals surface area contributed by atoms with Crippen LogP contribution in [0.3, 0.4) is 0 Å². The van der Waals surface area contributed by atoms with Crippen LogP contribution in [0.15, 0.2) is 23.8 Å². The van der Waals surface area contributed by atoms with Crippen LogP contribution in [0.2, 0.25) is 0 Å². The second kappa shape index (κ2) is 5.15. The minimum atomic E-state index is 1.10. The fourth-order valence-electron chi connectivity index (χ4n) is 1.38. The normalized spacial score (nSPS) is 16.8. The van der Waals surface area contributed by atoms with Gasteiger partial charge in [-0.2, -0.15) is 0 Å². The molecule has 0 saturated heterocycles. The molecule has 1 nitrogen and oxygen atoms in total. The minimum absolute atomic E-state index is 1.10. The molecule has 0 amide bonds. The summed E-state index contributed by atoms with van der Waals surface area (Å²) in [6.07, 6.45) is 9.96. The summed E-state index contributed by atoms with van der Waals surface area (Å²) >= 11 is 0. The molecule has 0 N–H and O–H groups in total. The Morgan fingerprint density at radius 3 is 2.58 bits per heavy atom. The molecule has 0 spiro atoms. The molecule has 1 heteroatoms. The second-order valence-electron chi connectivity index (χ2n) is 3.07. The molecule has 1 rings (SSSR count). The zero-order valence-electron chi connectivity index (χ0n) is 8.09. The van der Waals surface area contributed by atoms with Crippen LogP contribution in [0.25, 0.3) is 0 Å². The summed E-state index contributed by atoms with van der Waals surface area (Å²) in [6, 6.07) is 0. The summed E-state index contributed by atoms with van der Waals surface area (Å²) in [7, 11) is 0. The average molecular weight is 164 g/mol. The van der Waals surface area contributed by atoms with Crippen molar-refractivity contribution in [3.8, 4) is 0 Å². The van der Waals surface area contributed by atoms with Crippen molar-refractivity contribution < 1.29 is 0 Å². The molecule has 0 aliphatic heterocycles. The Bertz CT molecular complexity index is 175. The highest BCUT2D eigenvalue weighted by Crippen LogP contribution is 2.11. The van der Waals surface area contributed by atoms with E-state index in [0.29, 0.717) is 0 Å². The molecule has 67 valence electrons. The van der Waals surface area contributed by atoms with E-state index in [0.717, 1.165) is 26.1 Å². The molecule has 12 heavy (non-hydrogen) atoms. The van der Waals surface area contributed by atoms with Crippen molar-refractivity contribution in [3.63, 3.8) is 0 Å². The highest BCUT2D eigenvalue weighted by Gasteiger charge is 2.04.